The highest BCUT2D eigenvalue weighted by molar-refractivity contribution is 6.31. The van der Waals surface area contributed by atoms with E-state index in [0.717, 1.165) is 99.8 Å². The van der Waals surface area contributed by atoms with Crippen LogP contribution in [0.2, 0.25) is 0 Å². The molecule has 5 aromatic heterocycles. The molecular formula is C70H45N7. The zero-order chi connectivity index (χ0) is 50.7. The fourth-order valence-electron chi connectivity index (χ4n) is 12.6. The Morgan fingerprint density at radius 1 is 0.273 bits per heavy atom. The molecule has 0 unspecified atom stereocenters. The third-order valence-electron chi connectivity index (χ3n) is 15.7. The van der Waals surface area contributed by atoms with Crippen molar-refractivity contribution in [2.24, 2.45) is 0 Å². The minimum atomic E-state index is 0.585. The van der Waals surface area contributed by atoms with Gasteiger partial charge < -0.3 is 18.3 Å². The Bertz CT molecular complexity index is 4960. The zero-order valence-electron chi connectivity index (χ0n) is 41.9. The lowest BCUT2D eigenvalue weighted by Crippen LogP contribution is -2.04. The number of para-hydroxylation sites is 6. The van der Waals surface area contributed by atoms with Gasteiger partial charge in [-0.05, 0) is 91.3 Å². The van der Waals surface area contributed by atoms with E-state index in [1.807, 2.05) is 12.1 Å². The van der Waals surface area contributed by atoms with Crippen LogP contribution in [0, 0.1) is 6.92 Å². The molecule has 0 aliphatic heterocycles. The van der Waals surface area contributed by atoms with Crippen LogP contribution in [0.3, 0.4) is 0 Å². The van der Waals surface area contributed by atoms with Crippen LogP contribution in [0.5, 0.6) is 0 Å². The van der Waals surface area contributed by atoms with E-state index in [-0.39, 0.29) is 0 Å². The first-order valence-electron chi connectivity index (χ1n) is 26.2. The van der Waals surface area contributed by atoms with Gasteiger partial charge in [-0.1, -0.05) is 176 Å². The van der Waals surface area contributed by atoms with Gasteiger partial charge >= 0.3 is 0 Å². The second kappa shape index (κ2) is 16.8. The number of fused-ring (bicyclic) bond motifs is 14. The maximum Gasteiger partial charge on any atom is 0.166 e. The zero-order valence-corrected chi connectivity index (χ0v) is 41.9. The highest BCUT2D eigenvalue weighted by Crippen LogP contribution is 2.50. The highest BCUT2D eigenvalue weighted by atomic mass is 15.1. The highest BCUT2D eigenvalue weighted by Gasteiger charge is 2.30. The standard InChI is InChI=1S/C70H45N7/c1-44-43-60-63(52-34-18-21-37-55(52)74(60)47-27-11-4-12-28-47)67-61(44)64-58(76(67)49-31-15-6-16-32-49)41-42-59(65(64)70-72-68(45-23-7-2-8-24-45)71-69(73-70)46-25-9-3-10-26-46)77-56-38-22-19-35-53(56)62-57(77)40-39-51-50-33-17-20-36-54(50)75(66(51)62)48-29-13-5-14-30-48/h2-43H,1H3. The van der Waals surface area contributed by atoms with Crippen molar-refractivity contribution in [1.82, 2.24) is 33.2 Å². The third kappa shape index (κ3) is 6.35. The summed E-state index contributed by atoms with van der Waals surface area (Å²) in [5.41, 5.74) is 17.1. The summed E-state index contributed by atoms with van der Waals surface area (Å²) in [6.45, 7) is 2.28. The lowest BCUT2D eigenvalue weighted by molar-refractivity contribution is 1.07. The fourth-order valence-corrected chi connectivity index (χ4v) is 12.6. The normalized spacial score (nSPS) is 12.0. The van der Waals surface area contributed by atoms with Crippen molar-refractivity contribution in [1.29, 1.82) is 0 Å². The van der Waals surface area contributed by atoms with E-state index < -0.39 is 0 Å². The van der Waals surface area contributed by atoms with Gasteiger partial charge in [0.15, 0.2) is 17.5 Å². The number of hydrogen-bond donors (Lipinski definition) is 0. The van der Waals surface area contributed by atoms with Crippen LogP contribution in [0.4, 0.5) is 0 Å². The van der Waals surface area contributed by atoms with Crippen molar-refractivity contribution in [3.05, 3.63) is 260 Å². The van der Waals surface area contributed by atoms with Crippen LogP contribution >= 0.6 is 0 Å². The van der Waals surface area contributed by atoms with Gasteiger partial charge in [0, 0.05) is 71.3 Å². The molecule has 0 amide bonds. The molecule has 16 rings (SSSR count). The Labute approximate surface area is 442 Å². The molecule has 0 fully saturated rings. The number of hydrogen-bond acceptors (Lipinski definition) is 3. The average Bonchev–Trinajstić information content (AvgIpc) is 4.35. The first-order valence-corrected chi connectivity index (χ1v) is 26.2. The molecule has 11 aromatic carbocycles. The van der Waals surface area contributed by atoms with Crippen molar-refractivity contribution in [3.63, 3.8) is 0 Å². The molecule has 0 atom stereocenters. The van der Waals surface area contributed by atoms with E-state index in [1.165, 1.54) is 32.4 Å². The summed E-state index contributed by atoms with van der Waals surface area (Å²) < 4.78 is 9.83. The van der Waals surface area contributed by atoms with Crippen molar-refractivity contribution in [2.75, 3.05) is 0 Å². The largest absolute Gasteiger partial charge is 0.309 e. The first kappa shape index (κ1) is 43.1. The Morgan fingerprint density at radius 3 is 1.26 bits per heavy atom. The molecule has 77 heavy (non-hydrogen) atoms. The van der Waals surface area contributed by atoms with Crippen molar-refractivity contribution in [3.8, 4) is 56.9 Å². The first-order chi connectivity index (χ1) is 38.2. The molecule has 16 aromatic rings. The second-order valence-electron chi connectivity index (χ2n) is 20.0. The molecule has 0 aliphatic carbocycles. The average molecular weight is 984 g/mol. The molecule has 0 radical (unpaired) electrons. The SMILES string of the molecule is Cc1cc2c(c3ccccc3n2-c2ccccc2)c2c1c1c(-c3nc(-c4ccccc4)nc(-c4ccccc4)n3)c(-n3c4ccccc4c4c3ccc3c5ccccc5n(-c5ccccc5)c34)ccc1n2-c1ccccc1. The van der Waals surface area contributed by atoms with Crippen LogP contribution in [0.25, 0.3) is 144 Å². The van der Waals surface area contributed by atoms with Crippen molar-refractivity contribution < 1.29 is 0 Å². The summed E-state index contributed by atoms with van der Waals surface area (Å²) >= 11 is 0. The molecule has 0 aliphatic rings. The van der Waals surface area contributed by atoms with Crippen LogP contribution in [0.15, 0.2) is 255 Å². The smallest absolute Gasteiger partial charge is 0.166 e. The van der Waals surface area contributed by atoms with E-state index in [9.17, 15) is 0 Å². The Morgan fingerprint density at radius 2 is 0.688 bits per heavy atom. The van der Waals surface area contributed by atoms with Gasteiger partial charge in [-0.15, -0.1) is 0 Å². The van der Waals surface area contributed by atoms with Gasteiger partial charge in [0.25, 0.3) is 0 Å². The van der Waals surface area contributed by atoms with E-state index in [4.69, 9.17) is 15.0 Å². The minimum absolute atomic E-state index is 0.585. The lowest BCUT2D eigenvalue weighted by Gasteiger charge is -2.17. The predicted molar refractivity (Wildman–Crippen MR) is 318 cm³/mol. The van der Waals surface area contributed by atoms with Gasteiger partial charge in [0.05, 0.1) is 55.4 Å². The summed E-state index contributed by atoms with van der Waals surface area (Å²) in [5.74, 6) is 1.79. The molecule has 5 heterocycles. The van der Waals surface area contributed by atoms with Crippen LogP contribution in [-0.4, -0.2) is 33.2 Å². The second-order valence-corrected chi connectivity index (χ2v) is 20.0. The topological polar surface area (TPSA) is 58.4 Å². The summed E-state index contributed by atoms with van der Waals surface area (Å²) in [6, 6.07) is 91.2. The lowest BCUT2D eigenvalue weighted by atomic mass is 9.98. The number of aromatic nitrogens is 7. The maximum atomic E-state index is 5.63. The third-order valence-corrected chi connectivity index (χ3v) is 15.7. The summed E-state index contributed by atoms with van der Waals surface area (Å²) in [5, 5.41) is 9.30. The van der Waals surface area contributed by atoms with Crippen LogP contribution in [0.1, 0.15) is 5.56 Å². The van der Waals surface area contributed by atoms with E-state index in [1.54, 1.807) is 0 Å². The molecule has 0 spiro atoms. The van der Waals surface area contributed by atoms with Gasteiger partial charge in [0.2, 0.25) is 0 Å². The fraction of sp³-hybridized carbons (Fsp3) is 0.0143. The quantitative estimate of drug-likeness (QED) is 0.160. The maximum absolute atomic E-state index is 5.63. The molecular weight excluding hydrogens is 939 g/mol. The van der Waals surface area contributed by atoms with E-state index >= 15 is 0 Å². The Hall–Kier alpha value is -10.4. The van der Waals surface area contributed by atoms with Crippen molar-refractivity contribution >= 4 is 87.2 Å². The van der Waals surface area contributed by atoms with Crippen LogP contribution in [-0.2, 0) is 0 Å². The van der Waals surface area contributed by atoms with E-state index in [2.05, 4.69) is 268 Å². The summed E-state index contributed by atoms with van der Waals surface area (Å²) in [4.78, 5) is 16.5. The number of aryl methyl sites for hydroxylation is 1. The van der Waals surface area contributed by atoms with Gasteiger partial charge in [0.1, 0.15) is 0 Å². The molecule has 360 valence electrons. The molecule has 0 saturated heterocycles. The predicted octanol–water partition coefficient (Wildman–Crippen LogP) is 17.6. The summed E-state index contributed by atoms with van der Waals surface area (Å²) in [7, 11) is 0. The minimum Gasteiger partial charge on any atom is -0.309 e. The van der Waals surface area contributed by atoms with Crippen LogP contribution < -0.4 is 0 Å². The van der Waals surface area contributed by atoms with E-state index in [0.29, 0.717) is 17.5 Å². The Kier molecular flexibility index (Phi) is 9.41. The summed E-state index contributed by atoms with van der Waals surface area (Å²) in [6.07, 6.45) is 0. The molecule has 0 bridgehead atoms. The number of nitrogens with zero attached hydrogens (tertiary/aromatic N) is 7. The van der Waals surface area contributed by atoms with Gasteiger partial charge in [-0.3, -0.25) is 0 Å². The molecule has 7 nitrogen and oxygen atoms in total. The van der Waals surface area contributed by atoms with Gasteiger partial charge in [-0.25, -0.2) is 15.0 Å². The Balaban J connectivity index is 1.13. The number of rotatable bonds is 7. The molecule has 0 saturated carbocycles. The molecule has 7 heteroatoms. The monoisotopic (exact) mass is 983 g/mol. The van der Waals surface area contributed by atoms with Gasteiger partial charge in [-0.2, -0.15) is 0 Å². The van der Waals surface area contributed by atoms with Crippen molar-refractivity contribution in [2.45, 2.75) is 6.92 Å². The number of benzene rings is 11. The molecule has 0 N–H and O–H groups in total.